The van der Waals surface area contributed by atoms with Gasteiger partial charge >= 0.3 is 17.9 Å². The molecule has 0 spiro atoms. The van der Waals surface area contributed by atoms with E-state index in [0.717, 1.165) is 64.2 Å². The van der Waals surface area contributed by atoms with Crippen molar-refractivity contribution in [1.29, 1.82) is 0 Å². The summed E-state index contributed by atoms with van der Waals surface area (Å²) in [6.07, 6.45) is 48.1. The van der Waals surface area contributed by atoms with E-state index in [0.29, 0.717) is 12.8 Å². The lowest BCUT2D eigenvalue weighted by molar-refractivity contribution is -0.166. The first-order valence-corrected chi connectivity index (χ1v) is 21.3. The number of rotatable bonds is 37. The molecule has 0 aromatic carbocycles. The van der Waals surface area contributed by atoms with Gasteiger partial charge in [-0.15, -0.1) is 0 Å². The van der Waals surface area contributed by atoms with Crippen LogP contribution in [-0.4, -0.2) is 37.2 Å². The second-order valence-electron chi connectivity index (χ2n) is 13.9. The van der Waals surface area contributed by atoms with Crippen molar-refractivity contribution in [1.82, 2.24) is 0 Å². The van der Waals surface area contributed by atoms with Crippen molar-refractivity contribution in [2.75, 3.05) is 13.2 Å². The monoisotopic (exact) mass is 727 g/mol. The Kier molecular flexibility index (Phi) is 38.6. The van der Waals surface area contributed by atoms with Gasteiger partial charge in [0.25, 0.3) is 0 Å². The minimum absolute atomic E-state index is 0.107. The lowest BCUT2D eigenvalue weighted by Crippen LogP contribution is -2.30. The van der Waals surface area contributed by atoms with E-state index in [-0.39, 0.29) is 31.6 Å². The van der Waals surface area contributed by atoms with Crippen LogP contribution in [0.25, 0.3) is 0 Å². The quantitative estimate of drug-likeness (QED) is 0.0208. The molecule has 0 radical (unpaired) electrons. The van der Waals surface area contributed by atoms with Crippen LogP contribution in [0.15, 0.2) is 60.8 Å². The van der Waals surface area contributed by atoms with Gasteiger partial charge in [0.1, 0.15) is 13.2 Å². The first-order valence-electron chi connectivity index (χ1n) is 21.3. The van der Waals surface area contributed by atoms with Gasteiger partial charge < -0.3 is 14.2 Å². The Morgan fingerprint density at radius 1 is 0.442 bits per heavy atom. The van der Waals surface area contributed by atoms with Crippen molar-refractivity contribution in [3.05, 3.63) is 60.8 Å². The van der Waals surface area contributed by atoms with Crippen LogP contribution >= 0.6 is 0 Å². The second-order valence-corrected chi connectivity index (χ2v) is 13.9. The molecule has 52 heavy (non-hydrogen) atoms. The van der Waals surface area contributed by atoms with Crippen molar-refractivity contribution in [2.24, 2.45) is 0 Å². The van der Waals surface area contributed by atoms with Crippen molar-refractivity contribution in [3.63, 3.8) is 0 Å². The molecule has 0 aliphatic rings. The minimum Gasteiger partial charge on any atom is -0.462 e. The molecule has 1 atom stereocenters. The summed E-state index contributed by atoms with van der Waals surface area (Å²) in [5.74, 6) is -1.05. The van der Waals surface area contributed by atoms with Crippen molar-refractivity contribution in [2.45, 2.75) is 200 Å². The third-order valence-corrected chi connectivity index (χ3v) is 8.82. The molecule has 6 heteroatoms. The Hall–Kier alpha value is -2.89. The molecule has 0 N–H and O–H groups in total. The fourth-order valence-electron chi connectivity index (χ4n) is 5.61. The predicted molar refractivity (Wildman–Crippen MR) is 219 cm³/mol. The van der Waals surface area contributed by atoms with Crippen molar-refractivity contribution in [3.8, 4) is 0 Å². The fraction of sp³-hybridized carbons (Fsp3) is 0.717. The van der Waals surface area contributed by atoms with E-state index >= 15 is 0 Å². The van der Waals surface area contributed by atoms with Crippen LogP contribution < -0.4 is 0 Å². The highest BCUT2D eigenvalue weighted by Crippen LogP contribution is 2.13. The molecule has 0 aliphatic carbocycles. The fourth-order valence-corrected chi connectivity index (χ4v) is 5.61. The molecule has 298 valence electrons. The molecule has 0 aromatic heterocycles. The Balaban J connectivity index is 4.43. The number of hydrogen-bond acceptors (Lipinski definition) is 6. The minimum atomic E-state index is -0.808. The first kappa shape index (κ1) is 49.1. The summed E-state index contributed by atoms with van der Waals surface area (Å²) in [5, 5.41) is 0. The lowest BCUT2D eigenvalue weighted by Gasteiger charge is -2.18. The summed E-state index contributed by atoms with van der Waals surface area (Å²) in [6.45, 7) is 6.34. The number of carbonyl (C=O) groups is 3. The Morgan fingerprint density at radius 2 is 0.865 bits per heavy atom. The molecule has 0 aromatic rings. The third-order valence-electron chi connectivity index (χ3n) is 8.82. The van der Waals surface area contributed by atoms with E-state index in [4.69, 9.17) is 14.2 Å². The van der Waals surface area contributed by atoms with Gasteiger partial charge in [0.15, 0.2) is 6.10 Å². The van der Waals surface area contributed by atoms with Gasteiger partial charge in [-0.05, 0) is 57.8 Å². The second kappa shape index (κ2) is 40.9. The molecule has 0 saturated carbocycles. The lowest BCUT2D eigenvalue weighted by atomic mass is 10.1. The molecular formula is C46H78O6. The topological polar surface area (TPSA) is 78.9 Å². The van der Waals surface area contributed by atoms with Crippen LogP contribution in [0.3, 0.4) is 0 Å². The zero-order chi connectivity index (χ0) is 38.0. The van der Waals surface area contributed by atoms with Crippen molar-refractivity contribution >= 4 is 17.9 Å². The summed E-state index contributed by atoms with van der Waals surface area (Å²) < 4.78 is 16.5. The zero-order valence-electron chi connectivity index (χ0n) is 33.8. The first-order chi connectivity index (χ1) is 25.5. The van der Waals surface area contributed by atoms with Gasteiger partial charge in [-0.1, -0.05) is 178 Å². The Morgan fingerprint density at radius 3 is 1.42 bits per heavy atom. The molecule has 0 amide bonds. The van der Waals surface area contributed by atoms with E-state index in [9.17, 15) is 14.4 Å². The average molecular weight is 727 g/mol. The van der Waals surface area contributed by atoms with Gasteiger partial charge in [-0.3, -0.25) is 14.4 Å². The van der Waals surface area contributed by atoms with Crippen LogP contribution in [0, 0.1) is 0 Å². The third kappa shape index (κ3) is 38.3. The van der Waals surface area contributed by atoms with Gasteiger partial charge in [0.2, 0.25) is 0 Å². The van der Waals surface area contributed by atoms with Gasteiger partial charge in [-0.2, -0.15) is 0 Å². The number of allylic oxidation sites excluding steroid dienone is 9. The maximum absolute atomic E-state index is 12.6. The Labute approximate surface area is 320 Å². The van der Waals surface area contributed by atoms with E-state index in [1.54, 1.807) is 6.08 Å². The van der Waals surface area contributed by atoms with Gasteiger partial charge in [0, 0.05) is 12.8 Å². The molecular weight excluding hydrogens is 649 g/mol. The molecule has 0 heterocycles. The van der Waals surface area contributed by atoms with E-state index in [1.807, 2.05) is 6.08 Å². The van der Waals surface area contributed by atoms with Crippen LogP contribution in [0.4, 0.5) is 0 Å². The maximum Gasteiger partial charge on any atom is 0.309 e. The highest BCUT2D eigenvalue weighted by atomic mass is 16.6. The maximum atomic E-state index is 12.6. The molecule has 6 nitrogen and oxygen atoms in total. The van der Waals surface area contributed by atoms with Crippen LogP contribution in [0.1, 0.15) is 194 Å². The van der Waals surface area contributed by atoms with Gasteiger partial charge in [-0.25, -0.2) is 0 Å². The highest BCUT2D eigenvalue weighted by Gasteiger charge is 2.19. The van der Waals surface area contributed by atoms with E-state index in [1.165, 1.54) is 89.9 Å². The molecule has 0 saturated heterocycles. The number of esters is 3. The number of carbonyl (C=O) groups excluding carboxylic acids is 3. The molecule has 0 aliphatic heterocycles. The summed E-state index contributed by atoms with van der Waals surface area (Å²) in [7, 11) is 0. The Bertz CT molecular complexity index is 975. The van der Waals surface area contributed by atoms with Crippen molar-refractivity contribution < 1.29 is 28.6 Å². The summed E-state index contributed by atoms with van der Waals surface area (Å²) in [6, 6.07) is 0. The standard InChI is InChI=1S/C46H78O6/c1-4-7-10-13-16-19-21-22-23-24-25-28-30-33-36-39-45(48)51-42-43(41-50-44(47)38-35-32-29-26-18-15-12-9-6-3)52-46(49)40-37-34-31-27-20-17-14-11-8-5-2/h9,12,16,18-19,21-22,26,32,35,43H,4-8,10-11,13-15,17,20,23-25,27-31,33-34,36-42H2,1-3H3/b12-9-,19-16-,22-21-,26-18-,35-32-. The van der Waals surface area contributed by atoms with E-state index in [2.05, 4.69) is 69.4 Å². The summed E-state index contributed by atoms with van der Waals surface area (Å²) in [5.41, 5.74) is 0. The SMILES string of the molecule is CC/C=C\C/C=C\C/C=C\CC(=O)OCC(COC(=O)CCCCCCCC/C=C\C=C/CCCCC)OC(=O)CCCCCCCCCCCC. The summed E-state index contributed by atoms with van der Waals surface area (Å²) >= 11 is 0. The smallest absolute Gasteiger partial charge is 0.309 e. The molecule has 0 fully saturated rings. The van der Waals surface area contributed by atoms with Crippen LogP contribution in [0.2, 0.25) is 0 Å². The largest absolute Gasteiger partial charge is 0.462 e. The van der Waals surface area contributed by atoms with E-state index < -0.39 is 12.1 Å². The molecule has 0 rings (SSSR count). The zero-order valence-corrected chi connectivity index (χ0v) is 33.8. The number of hydrogen-bond donors (Lipinski definition) is 0. The van der Waals surface area contributed by atoms with Crippen LogP contribution in [0.5, 0.6) is 0 Å². The predicted octanol–water partition coefficient (Wildman–Crippen LogP) is 13.4. The number of unbranched alkanes of at least 4 members (excludes halogenated alkanes) is 18. The highest BCUT2D eigenvalue weighted by molar-refractivity contribution is 5.72. The average Bonchev–Trinajstić information content (AvgIpc) is 3.14. The van der Waals surface area contributed by atoms with Gasteiger partial charge in [0.05, 0.1) is 6.42 Å². The molecule has 0 bridgehead atoms. The molecule has 1 unspecified atom stereocenters. The number of ether oxygens (including phenoxy) is 3. The summed E-state index contributed by atoms with van der Waals surface area (Å²) in [4.78, 5) is 37.5. The normalized spacial score (nSPS) is 12.6. The van der Waals surface area contributed by atoms with Crippen LogP contribution in [-0.2, 0) is 28.6 Å².